The fourth-order valence-corrected chi connectivity index (χ4v) is 2.76. The van der Waals surface area contributed by atoms with Crippen LogP contribution >= 0.6 is 0 Å². The predicted molar refractivity (Wildman–Crippen MR) is 79.2 cm³/mol. The first-order valence-electron chi connectivity index (χ1n) is 7.13. The number of rotatable bonds is 5. The van der Waals surface area contributed by atoms with Gasteiger partial charge < -0.3 is 15.4 Å². The van der Waals surface area contributed by atoms with Gasteiger partial charge in [0.1, 0.15) is 0 Å². The molecule has 4 heteroatoms. The molecule has 0 aliphatic carbocycles. The van der Waals surface area contributed by atoms with Crippen LogP contribution in [0.3, 0.4) is 0 Å². The van der Waals surface area contributed by atoms with Crippen LogP contribution in [0, 0.1) is 0 Å². The van der Waals surface area contributed by atoms with Gasteiger partial charge in [0.05, 0.1) is 6.61 Å². The maximum absolute atomic E-state index is 11.5. The van der Waals surface area contributed by atoms with E-state index in [1.807, 2.05) is 12.1 Å². The first kappa shape index (κ1) is 15.0. The molecule has 1 heterocycles. The molecule has 0 radical (unpaired) electrons. The minimum Gasteiger partial charge on any atom is -0.380 e. The third kappa shape index (κ3) is 3.58. The molecular formula is C16H24N2O2. The largest absolute Gasteiger partial charge is 0.380 e. The number of nitrogens with one attached hydrogen (secondary N) is 2. The standard InChI is InChI=1S/C16H24N2O2/c1-16(2)14(8-9-15(19)18-16)17-10-12-6-4-5-7-13(12)11-20-3/h4-7,14,17H,8-11H2,1-3H3,(H,18,19). The van der Waals surface area contributed by atoms with Crippen molar-refractivity contribution >= 4 is 5.91 Å². The van der Waals surface area contributed by atoms with Gasteiger partial charge in [-0.05, 0) is 31.4 Å². The molecule has 110 valence electrons. The lowest BCUT2D eigenvalue weighted by Crippen LogP contribution is -2.60. The topological polar surface area (TPSA) is 50.4 Å². The summed E-state index contributed by atoms with van der Waals surface area (Å²) in [5.74, 6) is 0.146. The highest BCUT2D eigenvalue weighted by Gasteiger charge is 2.34. The molecule has 0 spiro atoms. The second-order valence-corrected chi connectivity index (χ2v) is 5.94. The van der Waals surface area contributed by atoms with Crippen molar-refractivity contribution < 1.29 is 9.53 Å². The Labute approximate surface area is 120 Å². The molecular weight excluding hydrogens is 252 g/mol. The zero-order chi connectivity index (χ0) is 14.6. The maximum Gasteiger partial charge on any atom is 0.220 e. The molecule has 4 nitrogen and oxygen atoms in total. The third-order valence-corrected chi connectivity index (χ3v) is 3.95. The van der Waals surface area contributed by atoms with Crippen molar-refractivity contribution in [2.24, 2.45) is 0 Å². The number of amides is 1. The normalized spacial score (nSPS) is 21.6. The van der Waals surface area contributed by atoms with Crippen molar-refractivity contribution in [3.05, 3.63) is 35.4 Å². The van der Waals surface area contributed by atoms with Gasteiger partial charge in [-0.2, -0.15) is 0 Å². The van der Waals surface area contributed by atoms with E-state index in [0.717, 1.165) is 13.0 Å². The first-order valence-corrected chi connectivity index (χ1v) is 7.13. The Kier molecular flexibility index (Phi) is 4.78. The molecule has 1 aliphatic heterocycles. The summed E-state index contributed by atoms with van der Waals surface area (Å²) >= 11 is 0. The van der Waals surface area contributed by atoms with Crippen molar-refractivity contribution in [2.75, 3.05) is 7.11 Å². The van der Waals surface area contributed by atoms with Crippen LogP contribution in [-0.4, -0.2) is 24.6 Å². The Morgan fingerprint density at radius 1 is 1.35 bits per heavy atom. The SMILES string of the molecule is COCc1ccccc1CNC1CCC(=O)NC1(C)C. The van der Waals surface area contributed by atoms with Crippen LogP contribution in [0.2, 0.25) is 0 Å². The molecule has 1 amide bonds. The van der Waals surface area contributed by atoms with E-state index in [0.29, 0.717) is 13.0 Å². The molecule has 1 atom stereocenters. The minimum atomic E-state index is -0.203. The van der Waals surface area contributed by atoms with E-state index in [-0.39, 0.29) is 17.5 Å². The van der Waals surface area contributed by atoms with E-state index in [1.54, 1.807) is 7.11 Å². The number of ether oxygens (including phenoxy) is 1. The molecule has 20 heavy (non-hydrogen) atoms. The highest BCUT2D eigenvalue weighted by atomic mass is 16.5. The summed E-state index contributed by atoms with van der Waals surface area (Å²) in [5.41, 5.74) is 2.26. The zero-order valence-electron chi connectivity index (χ0n) is 12.5. The van der Waals surface area contributed by atoms with Crippen LogP contribution in [0.5, 0.6) is 0 Å². The lowest BCUT2D eigenvalue weighted by molar-refractivity contribution is -0.125. The third-order valence-electron chi connectivity index (χ3n) is 3.95. The van der Waals surface area contributed by atoms with E-state index in [9.17, 15) is 4.79 Å². The van der Waals surface area contributed by atoms with Crippen molar-refractivity contribution in [2.45, 2.75) is 51.4 Å². The molecule has 1 aromatic rings. The number of carbonyl (C=O) groups is 1. The fraction of sp³-hybridized carbons (Fsp3) is 0.562. The molecule has 0 bridgehead atoms. The van der Waals surface area contributed by atoms with E-state index < -0.39 is 0 Å². The molecule has 1 aliphatic rings. The highest BCUT2D eigenvalue weighted by Crippen LogP contribution is 2.20. The summed E-state index contributed by atoms with van der Waals surface area (Å²) in [6, 6.07) is 8.58. The second-order valence-electron chi connectivity index (χ2n) is 5.94. The number of hydrogen-bond donors (Lipinski definition) is 2. The zero-order valence-corrected chi connectivity index (χ0v) is 12.5. The van der Waals surface area contributed by atoms with Gasteiger partial charge in [-0.1, -0.05) is 24.3 Å². The Morgan fingerprint density at radius 3 is 2.70 bits per heavy atom. The van der Waals surface area contributed by atoms with Crippen molar-refractivity contribution in [3.8, 4) is 0 Å². The summed E-state index contributed by atoms with van der Waals surface area (Å²) in [6.07, 6.45) is 1.48. The number of benzene rings is 1. The van der Waals surface area contributed by atoms with Gasteiger partial charge in [-0.15, -0.1) is 0 Å². The van der Waals surface area contributed by atoms with Crippen LogP contribution in [0.1, 0.15) is 37.8 Å². The average Bonchev–Trinajstić information content (AvgIpc) is 2.39. The molecule has 1 unspecified atom stereocenters. The number of methoxy groups -OCH3 is 1. The van der Waals surface area contributed by atoms with Crippen LogP contribution in [-0.2, 0) is 22.7 Å². The van der Waals surface area contributed by atoms with Gasteiger partial charge in [-0.3, -0.25) is 4.79 Å². The monoisotopic (exact) mass is 276 g/mol. The molecule has 1 fully saturated rings. The minimum absolute atomic E-state index is 0.146. The van der Waals surface area contributed by atoms with Gasteiger partial charge in [0.2, 0.25) is 5.91 Å². The van der Waals surface area contributed by atoms with E-state index in [4.69, 9.17) is 4.74 Å². The lowest BCUT2D eigenvalue weighted by Gasteiger charge is -2.40. The average molecular weight is 276 g/mol. The molecule has 0 saturated carbocycles. The van der Waals surface area contributed by atoms with E-state index in [2.05, 4.69) is 36.6 Å². The predicted octanol–water partition coefficient (Wildman–Crippen LogP) is 1.98. The summed E-state index contributed by atoms with van der Waals surface area (Å²) in [4.78, 5) is 11.5. The molecule has 0 aromatic heterocycles. The lowest BCUT2D eigenvalue weighted by atomic mass is 9.86. The van der Waals surface area contributed by atoms with E-state index >= 15 is 0 Å². The van der Waals surface area contributed by atoms with Gasteiger partial charge in [-0.25, -0.2) is 0 Å². The quantitative estimate of drug-likeness (QED) is 0.864. The van der Waals surface area contributed by atoms with Crippen LogP contribution in [0.25, 0.3) is 0 Å². The van der Waals surface area contributed by atoms with Crippen LogP contribution in [0.15, 0.2) is 24.3 Å². The van der Waals surface area contributed by atoms with Crippen LogP contribution in [0.4, 0.5) is 0 Å². The fourth-order valence-electron chi connectivity index (χ4n) is 2.76. The van der Waals surface area contributed by atoms with Gasteiger partial charge in [0.25, 0.3) is 0 Å². The Hall–Kier alpha value is -1.39. The summed E-state index contributed by atoms with van der Waals surface area (Å²) in [7, 11) is 1.71. The summed E-state index contributed by atoms with van der Waals surface area (Å²) in [6.45, 7) is 5.57. The summed E-state index contributed by atoms with van der Waals surface area (Å²) in [5, 5.41) is 6.63. The number of carbonyl (C=O) groups excluding carboxylic acids is 1. The molecule has 2 rings (SSSR count). The number of piperidine rings is 1. The van der Waals surface area contributed by atoms with Gasteiger partial charge >= 0.3 is 0 Å². The summed E-state index contributed by atoms with van der Waals surface area (Å²) < 4.78 is 5.23. The Morgan fingerprint density at radius 2 is 2.05 bits per heavy atom. The smallest absolute Gasteiger partial charge is 0.220 e. The molecule has 1 saturated heterocycles. The van der Waals surface area contributed by atoms with Gasteiger partial charge in [0, 0.05) is 31.7 Å². The Balaban J connectivity index is 2.00. The van der Waals surface area contributed by atoms with Crippen LogP contribution < -0.4 is 10.6 Å². The Bertz CT molecular complexity index is 471. The van der Waals surface area contributed by atoms with Crippen molar-refractivity contribution in [1.29, 1.82) is 0 Å². The number of hydrogen-bond acceptors (Lipinski definition) is 3. The van der Waals surface area contributed by atoms with E-state index in [1.165, 1.54) is 11.1 Å². The maximum atomic E-state index is 11.5. The first-order chi connectivity index (χ1) is 9.53. The van der Waals surface area contributed by atoms with Crippen molar-refractivity contribution in [1.82, 2.24) is 10.6 Å². The van der Waals surface area contributed by atoms with Crippen molar-refractivity contribution in [3.63, 3.8) is 0 Å². The van der Waals surface area contributed by atoms with Gasteiger partial charge in [0.15, 0.2) is 0 Å². The second kappa shape index (κ2) is 6.37. The highest BCUT2D eigenvalue weighted by molar-refractivity contribution is 5.77. The molecule has 2 N–H and O–H groups in total. The molecule has 1 aromatic carbocycles.